The molecular weight excluding hydrogens is 256 g/mol. The van der Waals surface area contributed by atoms with Gasteiger partial charge in [-0.2, -0.15) is 0 Å². The summed E-state index contributed by atoms with van der Waals surface area (Å²) in [5.74, 6) is 0. The molecule has 0 fully saturated rings. The van der Waals surface area contributed by atoms with Crippen LogP contribution in [0.2, 0.25) is 0 Å². The minimum Gasteiger partial charge on any atom is -0.304 e. The third-order valence-corrected chi connectivity index (χ3v) is 5.85. The van der Waals surface area contributed by atoms with Crippen LogP contribution < -0.4 is 5.32 Å². The molecule has 16 heavy (non-hydrogen) atoms. The highest BCUT2D eigenvalue weighted by Crippen LogP contribution is 2.35. The van der Waals surface area contributed by atoms with E-state index in [1.165, 1.54) is 19.7 Å². The second-order valence-electron chi connectivity index (χ2n) is 3.66. The van der Waals surface area contributed by atoms with Crippen molar-refractivity contribution in [3.8, 4) is 0 Å². The number of fused-ring (bicyclic) bond motifs is 1. The summed E-state index contributed by atoms with van der Waals surface area (Å²) in [5.41, 5.74) is 1.43. The number of nitrogens with zero attached hydrogens (tertiary/aromatic N) is 1. The number of hydrogen-bond donors (Lipinski definition) is 1. The summed E-state index contributed by atoms with van der Waals surface area (Å²) < 4.78 is 1.29. The predicted molar refractivity (Wildman–Crippen MR) is 71.8 cm³/mol. The van der Waals surface area contributed by atoms with Crippen LogP contribution in [0, 0.1) is 0 Å². The zero-order valence-corrected chi connectivity index (χ0v) is 11.3. The predicted octanol–water partition coefficient (Wildman–Crippen LogP) is 3.16. The number of thioether (sulfide) groups is 1. The third-order valence-electron chi connectivity index (χ3n) is 2.74. The van der Waals surface area contributed by atoms with Crippen LogP contribution in [0.1, 0.15) is 21.5 Å². The first-order valence-corrected chi connectivity index (χ1v) is 8.10. The molecule has 0 aliphatic carbocycles. The molecule has 1 atom stereocenters. The Kier molecular flexibility index (Phi) is 3.02. The normalized spacial score (nSPS) is 19.7. The van der Waals surface area contributed by atoms with Crippen LogP contribution in [0.5, 0.6) is 0 Å². The summed E-state index contributed by atoms with van der Waals surface area (Å²) in [6.45, 7) is 1.06. The summed E-state index contributed by atoms with van der Waals surface area (Å²) in [6.07, 6.45) is 5.23. The van der Waals surface area contributed by atoms with Crippen LogP contribution in [-0.2, 0) is 6.42 Å². The molecule has 2 nitrogen and oxygen atoms in total. The van der Waals surface area contributed by atoms with Crippen molar-refractivity contribution in [2.24, 2.45) is 0 Å². The van der Waals surface area contributed by atoms with E-state index < -0.39 is 0 Å². The standard InChI is InChI=1S/C11H12N2S3/c1-14-9-6-13-11(16-9)10-7-3-5-15-8(7)2-4-12-10/h3,5-6,10,12H,2,4H2,1H3. The lowest BCUT2D eigenvalue weighted by Crippen LogP contribution is -2.29. The lowest BCUT2D eigenvalue weighted by molar-refractivity contribution is 0.572. The van der Waals surface area contributed by atoms with Gasteiger partial charge in [-0.1, -0.05) is 0 Å². The monoisotopic (exact) mass is 268 g/mol. The maximum absolute atomic E-state index is 4.53. The lowest BCUT2D eigenvalue weighted by atomic mass is 10.0. The van der Waals surface area contributed by atoms with E-state index in [1.807, 2.05) is 17.5 Å². The van der Waals surface area contributed by atoms with Gasteiger partial charge in [0.25, 0.3) is 0 Å². The van der Waals surface area contributed by atoms with Gasteiger partial charge in [0, 0.05) is 11.4 Å². The number of aromatic nitrogens is 1. The molecule has 2 aromatic heterocycles. The van der Waals surface area contributed by atoms with E-state index >= 15 is 0 Å². The van der Waals surface area contributed by atoms with E-state index in [9.17, 15) is 0 Å². The van der Waals surface area contributed by atoms with Gasteiger partial charge in [0.2, 0.25) is 0 Å². The first kappa shape index (κ1) is 10.8. The van der Waals surface area contributed by atoms with Crippen LogP contribution in [0.3, 0.4) is 0 Å². The molecule has 84 valence electrons. The first-order valence-electron chi connectivity index (χ1n) is 5.18. The van der Waals surface area contributed by atoms with E-state index in [0.717, 1.165) is 13.0 Å². The second kappa shape index (κ2) is 4.49. The molecule has 0 bridgehead atoms. The highest BCUT2D eigenvalue weighted by atomic mass is 32.2. The molecule has 1 unspecified atom stereocenters. The highest BCUT2D eigenvalue weighted by molar-refractivity contribution is 8.00. The third kappa shape index (κ3) is 1.82. The largest absolute Gasteiger partial charge is 0.304 e. The van der Waals surface area contributed by atoms with Crippen molar-refractivity contribution in [1.29, 1.82) is 0 Å². The molecule has 0 spiro atoms. The first-order chi connectivity index (χ1) is 7.88. The fourth-order valence-corrected chi connectivity index (χ4v) is 4.38. The number of hydrogen-bond acceptors (Lipinski definition) is 5. The van der Waals surface area contributed by atoms with Gasteiger partial charge in [-0.25, -0.2) is 4.98 Å². The van der Waals surface area contributed by atoms with Gasteiger partial charge in [0.05, 0.1) is 16.4 Å². The topological polar surface area (TPSA) is 24.9 Å². The molecule has 0 saturated carbocycles. The van der Waals surface area contributed by atoms with Crippen LogP contribution in [-0.4, -0.2) is 17.8 Å². The van der Waals surface area contributed by atoms with E-state index in [-0.39, 0.29) is 0 Å². The molecule has 5 heteroatoms. The smallest absolute Gasteiger partial charge is 0.115 e. The van der Waals surface area contributed by atoms with Crippen molar-refractivity contribution in [1.82, 2.24) is 10.3 Å². The van der Waals surface area contributed by atoms with E-state index in [0.29, 0.717) is 6.04 Å². The Bertz CT molecular complexity index is 489. The summed E-state index contributed by atoms with van der Waals surface area (Å²) >= 11 is 5.44. The number of thiazole rings is 1. The van der Waals surface area contributed by atoms with E-state index in [2.05, 4.69) is 28.0 Å². The molecule has 0 radical (unpaired) electrons. The van der Waals surface area contributed by atoms with Gasteiger partial charge in [0.15, 0.2) is 0 Å². The van der Waals surface area contributed by atoms with E-state index in [1.54, 1.807) is 23.1 Å². The molecule has 1 aliphatic heterocycles. The SMILES string of the molecule is CSc1cnc(C2NCCc3sccc32)s1. The molecule has 1 aliphatic rings. The highest BCUT2D eigenvalue weighted by Gasteiger charge is 2.24. The average Bonchev–Trinajstić information content (AvgIpc) is 2.97. The Balaban J connectivity index is 1.97. The maximum atomic E-state index is 4.53. The van der Waals surface area contributed by atoms with Crippen LogP contribution in [0.15, 0.2) is 21.9 Å². The molecule has 3 rings (SSSR count). The minimum atomic E-state index is 0.320. The maximum Gasteiger partial charge on any atom is 0.115 e. The lowest BCUT2D eigenvalue weighted by Gasteiger charge is -2.22. The second-order valence-corrected chi connectivity index (χ2v) is 6.83. The molecule has 0 aromatic carbocycles. The average molecular weight is 268 g/mol. The summed E-state index contributed by atoms with van der Waals surface area (Å²) in [7, 11) is 0. The van der Waals surface area contributed by atoms with Crippen LogP contribution in [0.4, 0.5) is 0 Å². The van der Waals surface area contributed by atoms with Gasteiger partial charge in [0.1, 0.15) is 5.01 Å². The van der Waals surface area contributed by atoms with Crippen molar-refractivity contribution in [3.63, 3.8) is 0 Å². The molecule has 3 heterocycles. The van der Waals surface area contributed by atoms with Crippen molar-refractivity contribution in [2.45, 2.75) is 16.7 Å². The Morgan fingerprint density at radius 3 is 3.31 bits per heavy atom. The summed E-state index contributed by atoms with van der Waals surface area (Å²) in [5, 5.41) is 6.95. The number of thiophene rings is 1. The van der Waals surface area contributed by atoms with Crippen molar-refractivity contribution in [2.75, 3.05) is 12.8 Å². The number of nitrogens with one attached hydrogen (secondary N) is 1. The quantitative estimate of drug-likeness (QED) is 0.847. The fourth-order valence-electron chi connectivity index (χ4n) is 1.97. The van der Waals surface area contributed by atoms with Gasteiger partial charge in [-0.3, -0.25) is 0 Å². The zero-order valence-electron chi connectivity index (χ0n) is 8.90. The van der Waals surface area contributed by atoms with Crippen molar-refractivity contribution < 1.29 is 0 Å². The Labute approximate surface area is 107 Å². The summed E-state index contributed by atoms with van der Waals surface area (Å²) in [4.78, 5) is 6.05. The van der Waals surface area contributed by atoms with Crippen LogP contribution in [0.25, 0.3) is 0 Å². The van der Waals surface area contributed by atoms with Gasteiger partial charge < -0.3 is 5.32 Å². The molecular formula is C11H12N2S3. The van der Waals surface area contributed by atoms with E-state index in [4.69, 9.17) is 0 Å². The molecule has 2 aromatic rings. The number of rotatable bonds is 2. The minimum absolute atomic E-state index is 0.320. The summed E-state index contributed by atoms with van der Waals surface area (Å²) in [6, 6.07) is 2.55. The molecule has 0 amide bonds. The Hall–Kier alpha value is -0.360. The fraction of sp³-hybridized carbons (Fsp3) is 0.364. The molecule has 1 N–H and O–H groups in total. The van der Waals surface area contributed by atoms with Gasteiger partial charge in [-0.15, -0.1) is 34.4 Å². The molecule has 0 saturated heterocycles. The van der Waals surface area contributed by atoms with Crippen molar-refractivity contribution in [3.05, 3.63) is 33.1 Å². The Morgan fingerprint density at radius 2 is 2.50 bits per heavy atom. The van der Waals surface area contributed by atoms with Crippen molar-refractivity contribution >= 4 is 34.4 Å². The zero-order chi connectivity index (χ0) is 11.0. The van der Waals surface area contributed by atoms with Crippen LogP contribution >= 0.6 is 34.4 Å². The Morgan fingerprint density at radius 1 is 1.56 bits per heavy atom. The van der Waals surface area contributed by atoms with Gasteiger partial charge >= 0.3 is 0 Å². The van der Waals surface area contributed by atoms with Gasteiger partial charge in [-0.05, 0) is 29.7 Å².